The Bertz CT molecular complexity index is 887. The summed E-state index contributed by atoms with van der Waals surface area (Å²) in [5, 5.41) is 21.6. The highest BCUT2D eigenvalue weighted by atomic mass is 79.9. The lowest BCUT2D eigenvalue weighted by Gasteiger charge is -2.32. The van der Waals surface area contributed by atoms with Gasteiger partial charge < -0.3 is 9.67 Å². The van der Waals surface area contributed by atoms with Crippen LogP contribution < -0.4 is 0 Å². The second-order valence-electron chi connectivity index (χ2n) is 5.68. The maximum atomic E-state index is 13.0. The Morgan fingerprint density at radius 2 is 2.00 bits per heavy atom. The van der Waals surface area contributed by atoms with Gasteiger partial charge in [0.25, 0.3) is 11.6 Å². The minimum absolute atomic E-state index is 0.0754. The van der Waals surface area contributed by atoms with Crippen molar-refractivity contribution < 1.29 is 23.1 Å². The SMILES string of the molecule is Cn1c(SCC(=O)N2N=CCC2(O)C(F)(F)F)nnc1-c1ccc(Br)cc1. The summed E-state index contributed by atoms with van der Waals surface area (Å²) in [6, 6.07) is 7.33. The van der Waals surface area contributed by atoms with Crippen molar-refractivity contribution in [2.45, 2.75) is 23.5 Å². The van der Waals surface area contributed by atoms with E-state index in [2.05, 4.69) is 31.2 Å². The Morgan fingerprint density at radius 1 is 1.33 bits per heavy atom. The van der Waals surface area contributed by atoms with Crippen LogP contribution in [-0.2, 0) is 11.8 Å². The lowest BCUT2D eigenvalue weighted by Crippen LogP contribution is -2.56. The van der Waals surface area contributed by atoms with E-state index < -0.39 is 24.2 Å². The zero-order chi connectivity index (χ0) is 19.8. The topological polar surface area (TPSA) is 83.6 Å². The number of benzene rings is 1. The van der Waals surface area contributed by atoms with E-state index in [4.69, 9.17) is 0 Å². The third-order valence-corrected chi connectivity index (χ3v) is 5.41. The molecule has 1 aliphatic rings. The Labute approximate surface area is 164 Å². The summed E-state index contributed by atoms with van der Waals surface area (Å²) in [6.45, 7) is 0. The van der Waals surface area contributed by atoms with Crippen LogP contribution in [0.25, 0.3) is 11.4 Å². The summed E-state index contributed by atoms with van der Waals surface area (Å²) in [5.41, 5.74) is -2.52. The van der Waals surface area contributed by atoms with Gasteiger partial charge >= 0.3 is 6.18 Å². The molecule has 2 aromatic rings. The minimum Gasteiger partial charge on any atom is -0.362 e. The van der Waals surface area contributed by atoms with Crippen LogP contribution in [0.4, 0.5) is 13.2 Å². The molecule has 0 spiro atoms. The highest BCUT2D eigenvalue weighted by molar-refractivity contribution is 9.10. The van der Waals surface area contributed by atoms with E-state index in [1.54, 1.807) is 11.6 Å². The van der Waals surface area contributed by atoms with Gasteiger partial charge in [-0.1, -0.05) is 39.8 Å². The molecule has 0 saturated heterocycles. The van der Waals surface area contributed by atoms with Crippen molar-refractivity contribution in [3.63, 3.8) is 0 Å². The number of nitrogens with zero attached hydrogens (tertiary/aromatic N) is 5. The molecule has 1 amide bonds. The summed E-state index contributed by atoms with van der Waals surface area (Å²) in [4.78, 5) is 12.2. The van der Waals surface area contributed by atoms with Crippen LogP contribution >= 0.6 is 27.7 Å². The standard InChI is InChI=1S/C15H13BrF3N5O2S/c1-23-12(9-2-4-10(16)5-3-9)21-22-13(23)27-8-11(25)24-14(26,6-7-20-24)15(17,18)19/h2-5,7,26H,6,8H2,1H3. The lowest BCUT2D eigenvalue weighted by molar-refractivity contribution is -0.301. The fourth-order valence-corrected chi connectivity index (χ4v) is 3.43. The molecular formula is C15H13BrF3N5O2S. The molecule has 3 rings (SSSR count). The summed E-state index contributed by atoms with van der Waals surface area (Å²) in [6.07, 6.45) is -4.95. The molecule has 1 unspecified atom stereocenters. The van der Waals surface area contributed by atoms with Crippen molar-refractivity contribution in [1.29, 1.82) is 0 Å². The van der Waals surface area contributed by atoms with Crippen LogP contribution in [0.5, 0.6) is 0 Å². The summed E-state index contributed by atoms with van der Waals surface area (Å²) in [7, 11) is 1.68. The van der Waals surface area contributed by atoms with E-state index in [1.165, 1.54) is 0 Å². The van der Waals surface area contributed by atoms with Gasteiger partial charge in [-0.15, -0.1) is 10.2 Å². The molecule has 0 aliphatic carbocycles. The van der Waals surface area contributed by atoms with E-state index in [-0.39, 0.29) is 10.8 Å². The molecule has 1 N–H and O–H groups in total. The first-order valence-electron chi connectivity index (χ1n) is 7.56. The Kier molecular flexibility index (Phi) is 5.32. The van der Waals surface area contributed by atoms with Crippen molar-refractivity contribution >= 4 is 39.8 Å². The number of alkyl halides is 3. The number of aliphatic hydroxyl groups is 1. The van der Waals surface area contributed by atoms with Gasteiger partial charge in [-0.05, 0) is 12.1 Å². The predicted molar refractivity (Wildman–Crippen MR) is 95.8 cm³/mol. The third kappa shape index (κ3) is 3.73. The maximum absolute atomic E-state index is 13.0. The van der Waals surface area contributed by atoms with Gasteiger partial charge in [0.05, 0.1) is 5.75 Å². The van der Waals surface area contributed by atoms with Gasteiger partial charge in [-0.25, -0.2) is 0 Å². The lowest BCUT2D eigenvalue weighted by atomic mass is 10.1. The fraction of sp³-hybridized carbons (Fsp3) is 0.333. The number of amides is 1. The molecule has 1 aliphatic heterocycles. The van der Waals surface area contributed by atoms with Crippen LogP contribution in [0.3, 0.4) is 0 Å². The van der Waals surface area contributed by atoms with E-state index in [0.29, 0.717) is 11.0 Å². The molecule has 1 atom stereocenters. The monoisotopic (exact) mass is 463 g/mol. The van der Waals surface area contributed by atoms with Crippen LogP contribution in [0.2, 0.25) is 0 Å². The molecule has 12 heteroatoms. The fourth-order valence-electron chi connectivity index (χ4n) is 2.42. The number of hydrogen-bond donors (Lipinski definition) is 1. The molecule has 2 heterocycles. The molecule has 27 heavy (non-hydrogen) atoms. The number of aromatic nitrogens is 3. The Hall–Kier alpha value is -1.92. The van der Waals surface area contributed by atoms with Crippen LogP contribution in [0.1, 0.15) is 6.42 Å². The largest absolute Gasteiger partial charge is 0.438 e. The number of carbonyl (C=O) groups is 1. The number of hydrogen-bond acceptors (Lipinski definition) is 6. The van der Waals surface area contributed by atoms with Crippen LogP contribution in [0, 0.1) is 0 Å². The summed E-state index contributed by atoms with van der Waals surface area (Å²) < 4.78 is 41.7. The summed E-state index contributed by atoms with van der Waals surface area (Å²) >= 11 is 4.25. The smallest absolute Gasteiger partial charge is 0.362 e. The quantitative estimate of drug-likeness (QED) is 0.704. The van der Waals surface area contributed by atoms with Gasteiger partial charge in [0.1, 0.15) is 0 Å². The van der Waals surface area contributed by atoms with Crippen LogP contribution in [0.15, 0.2) is 39.0 Å². The predicted octanol–water partition coefficient (Wildman–Crippen LogP) is 2.81. The molecule has 0 bridgehead atoms. The van der Waals surface area contributed by atoms with Gasteiger partial charge in [0.2, 0.25) is 0 Å². The molecule has 1 aromatic carbocycles. The first-order chi connectivity index (χ1) is 12.6. The van der Waals surface area contributed by atoms with Crippen molar-refractivity contribution in [1.82, 2.24) is 19.8 Å². The van der Waals surface area contributed by atoms with E-state index in [1.807, 2.05) is 24.3 Å². The number of rotatable bonds is 4. The van der Waals surface area contributed by atoms with Crippen molar-refractivity contribution in [2.75, 3.05) is 5.75 Å². The molecule has 0 fully saturated rings. The van der Waals surface area contributed by atoms with Crippen molar-refractivity contribution in [3.8, 4) is 11.4 Å². The number of carbonyl (C=O) groups excluding carboxylic acids is 1. The second kappa shape index (κ2) is 7.24. The van der Waals surface area contributed by atoms with E-state index in [0.717, 1.165) is 28.0 Å². The zero-order valence-electron chi connectivity index (χ0n) is 13.8. The molecule has 144 valence electrons. The van der Waals surface area contributed by atoms with Crippen molar-refractivity contribution in [3.05, 3.63) is 28.7 Å². The average Bonchev–Trinajstić information content (AvgIpc) is 3.17. The van der Waals surface area contributed by atoms with Gasteiger partial charge in [-0.3, -0.25) is 4.79 Å². The second-order valence-corrected chi connectivity index (χ2v) is 7.54. The molecule has 7 nitrogen and oxygen atoms in total. The summed E-state index contributed by atoms with van der Waals surface area (Å²) in [5.74, 6) is -0.826. The van der Waals surface area contributed by atoms with Gasteiger partial charge in [0, 0.05) is 29.7 Å². The van der Waals surface area contributed by atoms with Crippen molar-refractivity contribution in [2.24, 2.45) is 12.1 Å². The van der Waals surface area contributed by atoms with Gasteiger partial charge in [-0.2, -0.15) is 23.3 Å². The molecule has 1 aromatic heterocycles. The first-order valence-corrected chi connectivity index (χ1v) is 9.34. The zero-order valence-corrected chi connectivity index (χ0v) is 16.2. The molecule has 0 radical (unpaired) electrons. The van der Waals surface area contributed by atoms with Gasteiger partial charge in [0.15, 0.2) is 11.0 Å². The van der Waals surface area contributed by atoms with E-state index in [9.17, 15) is 23.1 Å². The van der Waals surface area contributed by atoms with E-state index >= 15 is 0 Å². The number of thioether (sulfide) groups is 1. The molecule has 0 saturated carbocycles. The first kappa shape index (κ1) is 19.8. The normalized spacial score (nSPS) is 19.7. The van der Waals surface area contributed by atoms with Crippen LogP contribution in [-0.4, -0.2) is 54.7 Å². The highest BCUT2D eigenvalue weighted by Gasteiger charge is 2.61. The Morgan fingerprint density at radius 3 is 2.63 bits per heavy atom. The maximum Gasteiger partial charge on any atom is 0.438 e. The Balaban J connectivity index is 1.71. The highest BCUT2D eigenvalue weighted by Crippen LogP contribution is 2.39. The molecular weight excluding hydrogens is 451 g/mol. The number of halogens is 4. The average molecular weight is 464 g/mol. The third-order valence-electron chi connectivity index (χ3n) is 3.88. The minimum atomic E-state index is -5.01. The number of hydrazone groups is 1.